The number of benzene rings is 1. The van der Waals surface area contributed by atoms with Gasteiger partial charge in [0.1, 0.15) is 0 Å². The van der Waals surface area contributed by atoms with Crippen molar-refractivity contribution in [1.82, 2.24) is 4.90 Å². The number of carboxylic acids is 1. The molecule has 18 heavy (non-hydrogen) atoms. The van der Waals surface area contributed by atoms with E-state index in [1.165, 1.54) is 4.90 Å². The van der Waals surface area contributed by atoms with E-state index in [2.05, 4.69) is 5.32 Å². The van der Waals surface area contributed by atoms with E-state index < -0.39 is 5.97 Å². The number of nitrogens with one attached hydrogen (secondary N) is 1. The van der Waals surface area contributed by atoms with Crippen LogP contribution in [0.15, 0.2) is 18.2 Å². The molecule has 1 aromatic rings. The maximum atomic E-state index is 11.4. The molecule has 0 atom stereocenters. The molecule has 0 aliphatic rings. The van der Waals surface area contributed by atoms with Crippen molar-refractivity contribution >= 4 is 17.6 Å². The van der Waals surface area contributed by atoms with Crippen molar-refractivity contribution in [1.29, 1.82) is 0 Å². The molecule has 0 heterocycles. The van der Waals surface area contributed by atoms with Gasteiger partial charge in [0.2, 0.25) is 5.91 Å². The summed E-state index contributed by atoms with van der Waals surface area (Å²) < 4.78 is 0. The van der Waals surface area contributed by atoms with Crippen molar-refractivity contribution < 1.29 is 14.7 Å². The summed E-state index contributed by atoms with van der Waals surface area (Å²) in [7, 11) is 3.38. The third kappa shape index (κ3) is 3.76. The molecule has 0 spiro atoms. The molecular weight excluding hydrogens is 232 g/mol. The molecule has 0 unspecified atom stereocenters. The lowest BCUT2D eigenvalue weighted by Crippen LogP contribution is -2.24. The number of carbonyl (C=O) groups excluding carboxylic acids is 1. The third-order valence-electron chi connectivity index (χ3n) is 2.56. The highest BCUT2D eigenvalue weighted by molar-refractivity contribution is 5.94. The Morgan fingerprint density at radius 1 is 1.33 bits per heavy atom. The van der Waals surface area contributed by atoms with Gasteiger partial charge in [-0.15, -0.1) is 0 Å². The van der Waals surface area contributed by atoms with Crippen LogP contribution in [0.1, 0.15) is 22.3 Å². The van der Waals surface area contributed by atoms with Gasteiger partial charge in [0, 0.05) is 32.7 Å². The highest BCUT2D eigenvalue weighted by Crippen LogP contribution is 2.17. The van der Waals surface area contributed by atoms with Crippen LogP contribution in [-0.4, -0.2) is 42.5 Å². The highest BCUT2D eigenvalue weighted by Gasteiger charge is 2.10. The minimum absolute atomic E-state index is 0.00601. The second-order valence-electron chi connectivity index (χ2n) is 4.32. The Labute approximate surface area is 106 Å². The molecule has 1 amide bonds. The Balaban J connectivity index is 2.68. The molecule has 5 nitrogen and oxygen atoms in total. The van der Waals surface area contributed by atoms with E-state index in [1.807, 2.05) is 13.0 Å². The average Bonchev–Trinajstić information content (AvgIpc) is 2.30. The Morgan fingerprint density at radius 3 is 2.56 bits per heavy atom. The van der Waals surface area contributed by atoms with Crippen LogP contribution in [-0.2, 0) is 4.79 Å². The number of anilines is 1. The molecule has 0 saturated carbocycles. The summed E-state index contributed by atoms with van der Waals surface area (Å²) in [6, 6.07) is 5.17. The number of hydrogen-bond donors (Lipinski definition) is 2. The van der Waals surface area contributed by atoms with Gasteiger partial charge >= 0.3 is 5.97 Å². The lowest BCUT2D eigenvalue weighted by atomic mass is 10.1. The largest absolute Gasteiger partial charge is 0.478 e. The van der Waals surface area contributed by atoms with Gasteiger partial charge in [-0.2, -0.15) is 0 Å². The smallest absolute Gasteiger partial charge is 0.337 e. The molecule has 0 bridgehead atoms. The van der Waals surface area contributed by atoms with Crippen LogP contribution >= 0.6 is 0 Å². The van der Waals surface area contributed by atoms with Gasteiger partial charge in [-0.25, -0.2) is 4.79 Å². The predicted octanol–water partition coefficient (Wildman–Crippen LogP) is 1.58. The van der Waals surface area contributed by atoms with Crippen LogP contribution in [0.3, 0.4) is 0 Å². The molecule has 0 fully saturated rings. The van der Waals surface area contributed by atoms with Gasteiger partial charge in [0.05, 0.1) is 5.56 Å². The number of rotatable bonds is 5. The minimum Gasteiger partial charge on any atom is -0.478 e. The zero-order valence-electron chi connectivity index (χ0n) is 10.9. The fraction of sp³-hybridized carbons (Fsp3) is 0.385. The first-order valence-corrected chi connectivity index (χ1v) is 5.70. The van der Waals surface area contributed by atoms with Crippen LogP contribution in [0.4, 0.5) is 5.69 Å². The standard InChI is InChI=1S/C13H18N2O3/c1-9-4-5-11(10(8-9)13(17)18)14-7-6-12(16)15(2)3/h4-5,8,14H,6-7H2,1-3H3,(H,17,18). The Hall–Kier alpha value is -2.04. The molecule has 1 aromatic carbocycles. The van der Waals surface area contributed by atoms with Crippen LogP contribution < -0.4 is 5.32 Å². The molecule has 0 aliphatic carbocycles. The summed E-state index contributed by atoms with van der Waals surface area (Å²) in [5.74, 6) is -0.966. The molecule has 1 rings (SSSR count). The number of hydrogen-bond acceptors (Lipinski definition) is 3. The van der Waals surface area contributed by atoms with E-state index in [4.69, 9.17) is 5.11 Å². The Morgan fingerprint density at radius 2 is 2.00 bits per heavy atom. The fourth-order valence-electron chi connectivity index (χ4n) is 1.52. The summed E-state index contributed by atoms with van der Waals surface area (Å²) in [4.78, 5) is 23.9. The lowest BCUT2D eigenvalue weighted by molar-refractivity contribution is -0.128. The van der Waals surface area contributed by atoms with E-state index in [1.54, 1.807) is 26.2 Å². The predicted molar refractivity (Wildman–Crippen MR) is 69.9 cm³/mol. The number of nitrogens with zero attached hydrogens (tertiary/aromatic N) is 1. The molecule has 5 heteroatoms. The second-order valence-corrected chi connectivity index (χ2v) is 4.32. The third-order valence-corrected chi connectivity index (χ3v) is 2.56. The van der Waals surface area contributed by atoms with E-state index >= 15 is 0 Å². The average molecular weight is 250 g/mol. The van der Waals surface area contributed by atoms with E-state index in [-0.39, 0.29) is 11.5 Å². The zero-order chi connectivity index (χ0) is 13.7. The molecule has 2 N–H and O–H groups in total. The molecule has 0 aliphatic heterocycles. The quantitative estimate of drug-likeness (QED) is 0.832. The molecule has 0 saturated heterocycles. The number of amides is 1. The number of carbonyl (C=O) groups is 2. The van der Waals surface area contributed by atoms with Crippen molar-refractivity contribution in [3.05, 3.63) is 29.3 Å². The summed E-state index contributed by atoms with van der Waals surface area (Å²) in [6.45, 7) is 2.26. The van der Waals surface area contributed by atoms with Crippen molar-refractivity contribution in [3.8, 4) is 0 Å². The maximum absolute atomic E-state index is 11.4. The summed E-state index contributed by atoms with van der Waals surface area (Å²) in [5.41, 5.74) is 1.66. The first-order chi connectivity index (χ1) is 8.41. The zero-order valence-corrected chi connectivity index (χ0v) is 10.9. The Bertz CT molecular complexity index is 456. The van der Waals surface area contributed by atoms with Crippen LogP contribution in [0.5, 0.6) is 0 Å². The van der Waals surface area contributed by atoms with E-state index in [0.29, 0.717) is 18.7 Å². The molecular formula is C13H18N2O3. The summed E-state index contributed by atoms with van der Waals surface area (Å²) >= 11 is 0. The lowest BCUT2D eigenvalue weighted by Gasteiger charge is -2.12. The van der Waals surface area contributed by atoms with Gasteiger partial charge in [-0.05, 0) is 19.1 Å². The van der Waals surface area contributed by atoms with Gasteiger partial charge in [-0.1, -0.05) is 11.6 Å². The first-order valence-electron chi connectivity index (χ1n) is 5.70. The second kappa shape index (κ2) is 6.05. The SMILES string of the molecule is Cc1ccc(NCCC(=O)N(C)C)c(C(=O)O)c1. The summed E-state index contributed by atoms with van der Waals surface area (Å²) in [6.07, 6.45) is 0.333. The fourth-order valence-corrected chi connectivity index (χ4v) is 1.52. The Kier molecular flexibility index (Phi) is 4.71. The van der Waals surface area contributed by atoms with Crippen molar-refractivity contribution in [2.75, 3.05) is 26.0 Å². The van der Waals surface area contributed by atoms with Gasteiger partial charge < -0.3 is 15.3 Å². The van der Waals surface area contributed by atoms with Gasteiger partial charge in [0.15, 0.2) is 0 Å². The van der Waals surface area contributed by atoms with Crippen molar-refractivity contribution in [2.24, 2.45) is 0 Å². The molecule has 98 valence electrons. The maximum Gasteiger partial charge on any atom is 0.337 e. The minimum atomic E-state index is -0.972. The van der Waals surface area contributed by atoms with Crippen molar-refractivity contribution in [3.63, 3.8) is 0 Å². The molecule has 0 aromatic heterocycles. The topological polar surface area (TPSA) is 69.6 Å². The van der Waals surface area contributed by atoms with Crippen molar-refractivity contribution in [2.45, 2.75) is 13.3 Å². The highest BCUT2D eigenvalue weighted by atomic mass is 16.4. The summed E-state index contributed by atoms with van der Waals surface area (Å²) in [5, 5.41) is 12.1. The number of carboxylic acid groups (broad SMARTS) is 1. The van der Waals surface area contributed by atoms with E-state index in [0.717, 1.165) is 5.56 Å². The van der Waals surface area contributed by atoms with Crippen LogP contribution in [0, 0.1) is 6.92 Å². The van der Waals surface area contributed by atoms with E-state index in [9.17, 15) is 9.59 Å². The van der Waals surface area contributed by atoms with Crippen LogP contribution in [0.25, 0.3) is 0 Å². The van der Waals surface area contributed by atoms with Gasteiger partial charge in [-0.3, -0.25) is 4.79 Å². The normalized spacial score (nSPS) is 9.94. The first kappa shape index (κ1) is 14.0. The van der Waals surface area contributed by atoms with Crippen LogP contribution in [0.2, 0.25) is 0 Å². The van der Waals surface area contributed by atoms with Gasteiger partial charge in [0.25, 0.3) is 0 Å². The molecule has 0 radical (unpaired) electrons. The monoisotopic (exact) mass is 250 g/mol. The number of aryl methyl sites for hydroxylation is 1. The number of aromatic carboxylic acids is 1.